The lowest BCUT2D eigenvalue weighted by molar-refractivity contribution is 0.146. The zero-order valence-electron chi connectivity index (χ0n) is 12.8. The molecule has 0 spiro atoms. The number of thioether (sulfide) groups is 1. The molecule has 0 aromatic heterocycles. The van der Waals surface area contributed by atoms with E-state index in [-0.39, 0.29) is 12.1 Å². The first-order valence-electron chi connectivity index (χ1n) is 7.50. The third-order valence-corrected chi connectivity index (χ3v) is 5.51. The van der Waals surface area contributed by atoms with Gasteiger partial charge in [0.05, 0.1) is 16.7 Å². The Balaban J connectivity index is 2.41. The van der Waals surface area contributed by atoms with E-state index in [4.69, 9.17) is 23.2 Å². The van der Waals surface area contributed by atoms with E-state index in [9.17, 15) is 5.11 Å². The standard InChI is InChI=1S/C16H25Cl2NOS/c1-3-9-19-16(4-2,12-20)8-5-10-21-13-6-7-14(17)15(18)11-13/h6-7,11,19-20H,3-5,8-10,12H2,1-2H3. The van der Waals surface area contributed by atoms with E-state index in [1.54, 1.807) is 11.8 Å². The number of hydrogen-bond donors (Lipinski definition) is 2. The van der Waals surface area contributed by atoms with Gasteiger partial charge in [0.25, 0.3) is 0 Å². The van der Waals surface area contributed by atoms with Crippen molar-refractivity contribution in [3.8, 4) is 0 Å². The molecule has 1 aromatic carbocycles. The molecular formula is C16H25Cl2NOS. The second kappa shape index (κ2) is 9.96. The van der Waals surface area contributed by atoms with Crippen LogP contribution in [0.15, 0.2) is 23.1 Å². The summed E-state index contributed by atoms with van der Waals surface area (Å²) in [5.41, 5.74) is -0.131. The van der Waals surface area contributed by atoms with E-state index < -0.39 is 0 Å². The zero-order valence-corrected chi connectivity index (χ0v) is 15.1. The summed E-state index contributed by atoms with van der Waals surface area (Å²) in [6.07, 6.45) is 4.06. The topological polar surface area (TPSA) is 32.3 Å². The maximum absolute atomic E-state index is 9.69. The molecule has 0 amide bonds. The average molecular weight is 350 g/mol. The van der Waals surface area contributed by atoms with Crippen molar-refractivity contribution in [3.05, 3.63) is 28.2 Å². The molecule has 0 bridgehead atoms. The quantitative estimate of drug-likeness (QED) is 0.460. The molecule has 0 aliphatic heterocycles. The predicted molar refractivity (Wildman–Crippen MR) is 94.8 cm³/mol. The van der Waals surface area contributed by atoms with E-state index in [1.165, 1.54) is 0 Å². The Kier molecular flexibility index (Phi) is 9.07. The van der Waals surface area contributed by atoms with Crippen molar-refractivity contribution in [3.63, 3.8) is 0 Å². The van der Waals surface area contributed by atoms with Crippen molar-refractivity contribution in [2.24, 2.45) is 0 Å². The van der Waals surface area contributed by atoms with E-state index >= 15 is 0 Å². The molecule has 0 aliphatic carbocycles. The first-order chi connectivity index (χ1) is 10.1. The Bertz CT molecular complexity index is 425. The summed E-state index contributed by atoms with van der Waals surface area (Å²) >= 11 is 13.7. The summed E-state index contributed by atoms with van der Waals surface area (Å²) in [5.74, 6) is 1.01. The van der Waals surface area contributed by atoms with E-state index in [0.29, 0.717) is 10.0 Å². The van der Waals surface area contributed by atoms with Crippen LogP contribution in [0.3, 0.4) is 0 Å². The summed E-state index contributed by atoms with van der Waals surface area (Å²) < 4.78 is 0. The number of hydrogen-bond acceptors (Lipinski definition) is 3. The Morgan fingerprint density at radius 3 is 2.57 bits per heavy atom. The van der Waals surface area contributed by atoms with Gasteiger partial charge in [0.2, 0.25) is 0 Å². The van der Waals surface area contributed by atoms with Crippen LogP contribution in [0, 0.1) is 0 Å². The van der Waals surface area contributed by atoms with E-state index in [1.807, 2.05) is 18.2 Å². The molecule has 5 heteroatoms. The lowest BCUT2D eigenvalue weighted by Crippen LogP contribution is -2.48. The molecule has 120 valence electrons. The molecule has 1 unspecified atom stereocenters. The molecule has 1 atom stereocenters. The highest BCUT2D eigenvalue weighted by molar-refractivity contribution is 7.99. The van der Waals surface area contributed by atoms with Gasteiger partial charge in [-0.15, -0.1) is 11.8 Å². The third kappa shape index (κ3) is 6.37. The molecule has 0 heterocycles. The minimum Gasteiger partial charge on any atom is -0.394 e. The fraction of sp³-hybridized carbons (Fsp3) is 0.625. The van der Waals surface area contributed by atoms with Gasteiger partial charge in [0.1, 0.15) is 0 Å². The smallest absolute Gasteiger partial charge is 0.0613 e. The largest absolute Gasteiger partial charge is 0.394 e. The minimum absolute atomic E-state index is 0.131. The van der Waals surface area contributed by atoms with Crippen molar-refractivity contribution in [1.82, 2.24) is 5.32 Å². The molecule has 0 saturated carbocycles. The van der Waals surface area contributed by atoms with Crippen LogP contribution in [0.4, 0.5) is 0 Å². The van der Waals surface area contributed by atoms with Crippen LogP contribution in [0.2, 0.25) is 10.0 Å². The van der Waals surface area contributed by atoms with Crippen molar-refractivity contribution < 1.29 is 5.11 Å². The van der Waals surface area contributed by atoms with Gasteiger partial charge in [-0.25, -0.2) is 0 Å². The Morgan fingerprint density at radius 1 is 1.24 bits per heavy atom. The van der Waals surface area contributed by atoms with Crippen LogP contribution in [0.1, 0.15) is 39.5 Å². The minimum atomic E-state index is -0.131. The summed E-state index contributed by atoms with van der Waals surface area (Å²) in [5, 5.41) is 14.4. The first-order valence-corrected chi connectivity index (χ1v) is 9.24. The Morgan fingerprint density at radius 2 is 2.00 bits per heavy atom. The zero-order chi connectivity index (χ0) is 15.7. The average Bonchev–Trinajstić information content (AvgIpc) is 2.50. The van der Waals surface area contributed by atoms with Crippen LogP contribution in [-0.4, -0.2) is 29.5 Å². The number of benzene rings is 1. The van der Waals surface area contributed by atoms with Crippen molar-refractivity contribution in [2.45, 2.75) is 50.0 Å². The predicted octanol–water partition coefficient (Wildman–Crippen LogP) is 5.01. The molecule has 0 saturated heterocycles. The first kappa shape index (κ1) is 19.1. The molecule has 0 aliphatic rings. The maximum Gasteiger partial charge on any atom is 0.0613 e. The Hall–Kier alpha value is 0.0700. The summed E-state index contributed by atoms with van der Waals surface area (Å²) in [4.78, 5) is 1.14. The van der Waals surface area contributed by atoms with Gasteiger partial charge in [-0.2, -0.15) is 0 Å². The third-order valence-electron chi connectivity index (χ3n) is 3.69. The molecule has 2 nitrogen and oxygen atoms in total. The van der Waals surface area contributed by atoms with Crippen molar-refractivity contribution in [2.75, 3.05) is 18.9 Å². The fourth-order valence-electron chi connectivity index (χ4n) is 2.19. The lowest BCUT2D eigenvalue weighted by Gasteiger charge is -2.32. The van der Waals surface area contributed by atoms with Gasteiger partial charge in [0.15, 0.2) is 0 Å². The molecule has 1 aromatic rings. The van der Waals surface area contributed by atoms with Crippen molar-refractivity contribution in [1.29, 1.82) is 0 Å². The van der Waals surface area contributed by atoms with Gasteiger partial charge in [0, 0.05) is 10.4 Å². The summed E-state index contributed by atoms with van der Waals surface area (Å²) in [6, 6.07) is 5.73. The maximum atomic E-state index is 9.69. The second-order valence-corrected chi connectivity index (χ2v) is 7.23. The highest BCUT2D eigenvalue weighted by atomic mass is 35.5. The van der Waals surface area contributed by atoms with Crippen LogP contribution in [0.25, 0.3) is 0 Å². The van der Waals surface area contributed by atoms with Crippen LogP contribution >= 0.6 is 35.0 Å². The lowest BCUT2D eigenvalue weighted by atomic mass is 9.91. The normalized spacial score (nSPS) is 14.1. The summed E-state index contributed by atoms with van der Waals surface area (Å²) in [7, 11) is 0. The molecule has 0 fully saturated rings. The SMILES string of the molecule is CCCNC(CC)(CO)CCCSc1ccc(Cl)c(Cl)c1. The molecule has 0 radical (unpaired) electrons. The number of nitrogens with one attached hydrogen (secondary N) is 1. The fourth-order valence-corrected chi connectivity index (χ4v) is 3.45. The molecule has 1 rings (SSSR count). The summed E-state index contributed by atoms with van der Waals surface area (Å²) in [6.45, 7) is 5.42. The highest BCUT2D eigenvalue weighted by Crippen LogP contribution is 2.29. The number of aliphatic hydroxyl groups excluding tert-OH is 1. The molecule has 21 heavy (non-hydrogen) atoms. The highest BCUT2D eigenvalue weighted by Gasteiger charge is 2.25. The van der Waals surface area contributed by atoms with Gasteiger partial charge in [-0.1, -0.05) is 37.0 Å². The molecular weight excluding hydrogens is 325 g/mol. The second-order valence-electron chi connectivity index (χ2n) is 5.25. The number of rotatable bonds is 10. The van der Waals surface area contributed by atoms with Gasteiger partial charge in [-0.05, 0) is 56.2 Å². The van der Waals surface area contributed by atoms with E-state index in [0.717, 1.165) is 42.9 Å². The van der Waals surface area contributed by atoms with Crippen LogP contribution < -0.4 is 5.32 Å². The van der Waals surface area contributed by atoms with Gasteiger partial charge < -0.3 is 10.4 Å². The monoisotopic (exact) mass is 349 g/mol. The number of halogens is 2. The van der Waals surface area contributed by atoms with Gasteiger partial charge in [-0.3, -0.25) is 0 Å². The number of aliphatic hydroxyl groups is 1. The van der Waals surface area contributed by atoms with Gasteiger partial charge >= 0.3 is 0 Å². The van der Waals surface area contributed by atoms with Crippen LogP contribution in [0.5, 0.6) is 0 Å². The Labute approximate surface area is 142 Å². The van der Waals surface area contributed by atoms with Crippen LogP contribution in [-0.2, 0) is 0 Å². The molecule has 2 N–H and O–H groups in total. The van der Waals surface area contributed by atoms with E-state index in [2.05, 4.69) is 19.2 Å². The van der Waals surface area contributed by atoms with Crippen molar-refractivity contribution >= 4 is 35.0 Å².